The Balaban J connectivity index is 1.54. The molecular weight excluding hydrogens is 350 g/mol. The Morgan fingerprint density at radius 2 is 2.23 bits per heavy atom. The first-order valence-electron chi connectivity index (χ1n) is 8.48. The molecule has 0 saturated carbocycles. The van der Waals surface area contributed by atoms with Crippen LogP contribution in [-0.4, -0.2) is 41.9 Å². The minimum Gasteiger partial charge on any atom is -0.340 e. The van der Waals surface area contributed by atoms with E-state index in [1.54, 1.807) is 35.7 Å². The maximum absolute atomic E-state index is 12.9. The SMILES string of the molecule is Cn1cnc(C(=O)N2CCCC[C@H]2c2csc(Nc3cnccn3)n2)c1. The minimum atomic E-state index is -0.0354. The predicted octanol–water partition coefficient (Wildman–Crippen LogP) is 2.78. The van der Waals surface area contributed by atoms with E-state index in [-0.39, 0.29) is 11.9 Å². The number of rotatable bonds is 4. The summed E-state index contributed by atoms with van der Waals surface area (Å²) in [6.45, 7) is 0.727. The van der Waals surface area contributed by atoms with Crippen molar-refractivity contribution in [3.63, 3.8) is 0 Å². The van der Waals surface area contributed by atoms with E-state index in [4.69, 9.17) is 0 Å². The largest absolute Gasteiger partial charge is 0.340 e. The molecule has 1 fully saturated rings. The summed E-state index contributed by atoms with van der Waals surface area (Å²) in [7, 11) is 1.86. The van der Waals surface area contributed by atoms with Gasteiger partial charge >= 0.3 is 0 Å². The molecule has 8 nitrogen and oxygen atoms in total. The maximum atomic E-state index is 12.9. The molecule has 0 aliphatic carbocycles. The van der Waals surface area contributed by atoms with Crippen LogP contribution in [0.5, 0.6) is 0 Å². The molecule has 1 atom stereocenters. The van der Waals surface area contributed by atoms with Crippen LogP contribution in [0.3, 0.4) is 0 Å². The highest BCUT2D eigenvalue weighted by Crippen LogP contribution is 2.34. The third-order valence-corrected chi connectivity index (χ3v) is 5.13. The summed E-state index contributed by atoms with van der Waals surface area (Å²) in [4.78, 5) is 31.9. The highest BCUT2D eigenvalue weighted by atomic mass is 32.1. The average molecular weight is 369 g/mol. The Labute approximate surface area is 155 Å². The zero-order valence-electron chi connectivity index (χ0n) is 14.4. The van der Waals surface area contributed by atoms with E-state index in [1.807, 2.05) is 17.3 Å². The first-order chi connectivity index (χ1) is 12.7. The van der Waals surface area contributed by atoms with Crippen molar-refractivity contribution < 1.29 is 4.79 Å². The van der Waals surface area contributed by atoms with Gasteiger partial charge in [-0.2, -0.15) is 0 Å². The lowest BCUT2D eigenvalue weighted by atomic mass is 9.99. The molecule has 9 heteroatoms. The van der Waals surface area contributed by atoms with Crippen LogP contribution < -0.4 is 5.32 Å². The van der Waals surface area contributed by atoms with Gasteiger partial charge in [-0.05, 0) is 19.3 Å². The summed E-state index contributed by atoms with van der Waals surface area (Å²) in [5.74, 6) is 0.616. The molecule has 1 amide bonds. The van der Waals surface area contributed by atoms with Gasteiger partial charge in [0.1, 0.15) is 5.69 Å². The van der Waals surface area contributed by atoms with Gasteiger partial charge in [-0.25, -0.2) is 15.0 Å². The van der Waals surface area contributed by atoms with Crippen molar-refractivity contribution in [3.05, 3.63) is 47.9 Å². The molecule has 0 radical (unpaired) electrons. The fourth-order valence-electron chi connectivity index (χ4n) is 3.12. The second-order valence-electron chi connectivity index (χ2n) is 6.23. The summed E-state index contributed by atoms with van der Waals surface area (Å²) in [5, 5.41) is 5.91. The van der Waals surface area contributed by atoms with Gasteiger partial charge in [-0.15, -0.1) is 11.3 Å². The van der Waals surface area contributed by atoms with Crippen LogP contribution in [-0.2, 0) is 7.05 Å². The van der Waals surface area contributed by atoms with E-state index >= 15 is 0 Å². The highest BCUT2D eigenvalue weighted by Gasteiger charge is 2.31. The van der Waals surface area contributed by atoms with Gasteiger partial charge in [0, 0.05) is 37.6 Å². The van der Waals surface area contributed by atoms with E-state index in [2.05, 4.69) is 25.3 Å². The number of piperidine rings is 1. The molecule has 1 saturated heterocycles. The van der Waals surface area contributed by atoms with Crippen LogP contribution in [0.4, 0.5) is 10.9 Å². The number of anilines is 2. The van der Waals surface area contributed by atoms with E-state index in [0.717, 1.165) is 36.6 Å². The number of likely N-dealkylation sites (tertiary alicyclic amines) is 1. The van der Waals surface area contributed by atoms with Crippen molar-refractivity contribution in [2.45, 2.75) is 25.3 Å². The molecular formula is C17H19N7OS. The van der Waals surface area contributed by atoms with Gasteiger partial charge in [-0.3, -0.25) is 9.78 Å². The van der Waals surface area contributed by atoms with Crippen molar-refractivity contribution in [3.8, 4) is 0 Å². The Hall–Kier alpha value is -2.81. The molecule has 4 rings (SSSR count). The van der Waals surface area contributed by atoms with Crippen LogP contribution >= 0.6 is 11.3 Å². The van der Waals surface area contributed by atoms with E-state index in [1.165, 1.54) is 11.3 Å². The lowest BCUT2D eigenvalue weighted by Gasteiger charge is -2.34. The average Bonchev–Trinajstić information content (AvgIpc) is 3.31. The third kappa shape index (κ3) is 3.43. The molecule has 26 heavy (non-hydrogen) atoms. The zero-order valence-corrected chi connectivity index (χ0v) is 15.2. The lowest BCUT2D eigenvalue weighted by molar-refractivity contribution is 0.0601. The maximum Gasteiger partial charge on any atom is 0.274 e. The number of amides is 1. The monoisotopic (exact) mass is 369 g/mol. The quantitative estimate of drug-likeness (QED) is 0.761. The van der Waals surface area contributed by atoms with Crippen molar-refractivity contribution in [2.24, 2.45) is 7.05 Å². The molecule has 3 aromatic heterocycles. The van der Waals surface area contributed by atoms with Gasteiger partial charge in [0.2, 0.25) is 0 Å². The fourth-order valence-corrected chi connectivity index (χ4v) is 3.89. The van der Waals surface area contributed by atoms with Crippen molar-refractivity contribution >= 4 is 28.2 Å². The number of nitrogens with zero attached hydrogens (tertiary/aromatic N) is 6. The topological polar surface area (TPSA) is 88.8 Å². The Bertz CT molecular complexity index is 891. The molecule has 4 heterocycles. The van der Waals surface area contributed by atoms with Crippen LogP contribution in [0.15, 0.2) is 36.5 Å². The first-order valence-corrected chi connectivity index (χ1v) is 9.36. The molecule has 134 valence electrons. The van der Waals surface area contributed by atoms with Crippen LogP contribution in [0, 0.1) is 0 Å². The smallest absolute Gasteiger partial charge is 0.274 e. The number of hydrogen-bond acceptors (Lipinski definition) is 7. The molecule has 1 aliphatic heterocycles. The number of nitrogens with one attached hydrogen (secondary N) is 1. The van der Waals surface area contributed by atoms with Crippen LogP contribution in [0.2, 0.25) is 0 Å². The normalized spacial score (nSPS) is 17.3. The summed E-state index contributed by atoms with van der Waals surface area (Å²) in [6, 6.07) is -0.0214. The van der Waals surface area contributed by atoms with Crippen molar-refractivity contribution in [1.82, 2.24) is 29.4 Å². The second kappa shape index (κ2) is 7.20. The second-order valence-corrected chi connectivity index (χ2v) is 7.09. The third-order valence-electron chi connectivity index (χ3n) is 4.35. The Morgan fingerprint density at radius 3 is 3.00 bits per heavy atom. The number of carbonyl (C=O) groups excluding carboxylic acids is 1. The van der Waals surface area contributed by atoms with Gasteiger partial charge in [-0.1, -0.05) is 0 Å². The molecule has 0 unspecified atom stereocenters. The minimum absolute atomic E-state index is 0.0214. The lowest BCUT2D eigenvalue weighted by Crippen LogP contribution is -2.38. The van der Waals surface area contributed by atoms with Gasteiger partial charge in [0.25, 0.3) is 5.91 Å². The van der Waals surface area contributed by atoms with Gasteiger partial charge in [0.15, 0.2) is 10.9 Å². The van der Waals surface area contributed by atoms with Crippen molar-refractivity contribution in [1.29, 1.82) is 0 Å². The van der Waals surface area contributed by atoms with Gasteiger partial charge in [0.05, 0.1) is 24.3 Å². The molecule has 3 aromatic rings. The Kier molecular flexibility index (Phi) is 4.61. The molecule has 0 spiro atoms. The zero-order chi connectivity index (χ0) is 17.9. The Morgan fingerprint density at radius 1 is 1.31 bits per heavy atom. The van der Waals surface area contributed by atoms with E-state index < -0.39 is 0 Å². The number of imidazole rings is 1. The predicted molar refractivity (Wildman–Crippen MR) is 98.3 cm³/mol. The number of aromatic nitrogens is 5. The first kappa shape index (κ1) is 16.6. The highest BCUT2D eigenvalue weighted by molar-refractivity contribution is 7.13. The van der Waals surface area contributed by atoms with Crippen LogP contribution in [0.25, 0.3) is 0 Å². The number of carbonyl (C=O) groups is 1. The van der Waals surface area contributed by atoms with Crippen molar-refractivity contribution in [2.75, 3.05) is 11.9 Å². The van der Waals surface area contributed by atoms with E-state index in [9.17, 15) is 4.79 Å². The molecule has 1 aliphatic rings. The summed E-state index contributed by atoms with van der Waals surface area (Å²) < 4.78 is 1.79. The standard InChI is InChI=1S/C17H19N7OS/c1-23-9-12(20-11-23)16(25)24-7-3-2-4-14(24)13-10-26-17(21-13)22-15-8-18-5-6-19-15/h5-6,8-11,14H,2-4,7H2,1H3,(H,19,21,22)/t14-/m0/s1. The summed E-state index contributed by atoms with van der Waals surface area (Å²) in [5.41, 5.74) is 1.39. The molecule has 0 aromatic carbocycles. The number of thiazole rings is 1. The molecule has 0 bridgehead atoms. The van der Waals surface area contributed by atoms with Gasteiger partial charge < -0.3 is 14.8 Å². The summed E-state index contributed by atoms with van der Waals surface area (Å²) >= 11 is 1.50. The van der Waals surface area contributed by atoms with Crippen LogP contribution in [0.1, 0.15) is 41.5 Å². The number of aryl methyl sites for hydroxylation is 1. The summed E-state index contributed by atoms with van der Waals surface area (Å²) in [6.07, 6.45) is 11.3. The number of hydrogen-bond donors (Lipinski definition) is 1. The van der Waals surface area contributed by atoms with E-state index in [0.29, 0.717) is 11.5 Å². The molecule has 1 N–H and O–H groups in total. The fraction of sp³-hybridized carbons (Fsp3) is 0.353.